The number of ether oxygens (including phenoxy) is 2. The Labute approximate surface area is 265 Å². The number of nitrogens with one attached hydrogen (secondary N) is 2. The summed E-state index contributed by atoms with van der Waals surface area (Å²) in [5, 5.41) is 28.3. The van der Waals surface area contributed by atoms with Crippen LogP contribution in [0.15, 0.2) is 66.7 Å². The molecule has 0 unspecified atom stereocenters. The summed E-state index contributed by atoms with van der Waals surface area (Å²) >= 11 is 0. The first kappa shape index (κ1) is 29.4. The average Bonchev–Trinajstić information content (AvgIpc) is 3.78. The number of amides is 1. The van der Waals surface area contributed by atoms with Crippen LogP contribution in [0, 0.1) is 29.6 Å². The van der Waals surface area contributed by atoms with Gasteiger partial charge in [-0.25, -0.2) is 4.79 Å². The number of phenolic OH excluding ortho intramolecular Hbond substituents is 1. The maximum absolute atomic E-state index is 14.1. The lowest BCUT2D eigenvalue weighted by Crippen LogP contribution is -2.53. The Hall–Kier alpha value is -5.35. The van der Waals surface area contributed by atoms with Crippen LogP contribution >= 0.6 is 0 Å². The molecule has 1 saturated heterocycles. The summed E-state index contributed by atoms with van der Waals surface area (Å²) in [5.74, 6) is 10.3. The van der Waals surface area contributed by atoms with E-state index in [9.17, 15) is 24.6 Å². The molecule has 3 aromatic carbocycles. The van der Waals surface area contributed by atoms with Crippen molar-refractivity contribution in [2.75, 3.05) is 11.9 Å². The summed E-state index contributed by atoms with van der Waals surface area (Å²) in [5.41, 5.74) is 0.172. The first-order chi connectivity index (χ1) is 22.2. The third-order valence-corrected chi connectivity index (χ3v) is 9.23. The summed E-state index contributed by atoms with van der Waals surface area (Å²) in [6.07, 6.45) is 2.24. The fourth-order valence-electron chi connectivity index (χ4n) is 7.02. The number of aliphatic hydroxyl groups is 1. The van der Waals surface area contributed by atoms with Crippen molar-refractivity contribution in [3.05, 3.63) is 106 Å². The molecular formula is C37H30N2O7. The van der Waals surface area contributed by atoms with E-state index in [4.69, 9.17) is 9.47 Å². The predicted molar refractivity (Wildman–Crippen MR) is 168 cm³/mol. The van der Waals surface area contributed by atoms with Gasteiger partial charge < -0.3 is 30.3 Å². The maximum Gasteiger partial charge on any atom is 0.407 e. The summed E-state index contributed by atoms with van der Waals surface area (Å²) in [6, 6.07) is 15.1. The largest absolute Gasteiger partial charge is 0.507 e. The van der Waals surface area contributed by atoms with Crippen LogP contribution in [0.2, 0.25) is 0 Å². The van der Waals surface area contributed by atoms with E-state index in [1.54, 1.807) is 37.3 Å². The number of carbonyl (C=O) groups is 3. The predicted octanol–water partition coefficient (Wildman–Crippen LogP) is 3.99. The lowest BCUT2D eigenvalue weighted by molar-refractivity contribution is 0.0868. The maximum atomic E-state index is 14.1. The second kappa shape index (κ2) is 10.9. The monoisotopic (exact) mass is 614 g/mol. The molecule has 4 N–H and O–H groups in total. The SMILES string of the molecule is C[C@@H]1C#C/C=C\C#C[C@@H]2Nc3c(cc(O)c4c3C(=O)c3ccc(CNC(=O)OCCc5ccccc5)cc3C4=O)[C@]13O[C@@]23[C@@H](C)O. The molecule has 2 aliphatic heterocycles. The van der Waals surface area contributed by atoms with Crippen molar-refractivity contribution in [2.24, 2.45) is 5.92 Å². The first-order valence-corrected chi connectivity index (χ1v) is 15.1. The van der Waals surface area contributed by atoms with Crippen molar-refractivity contribution in [2.45, 2.75) is 50.2 Å². The topological polar surface area (TPSA) is 137 Å². The molecule has 1 amide bonds. The number of aromatic hydroxyl groups is 1. The highest BCUT2D eigenvalue weighted by atomic mass is 16.6. The van der Waals surface area contributed by atoms with E-state index >= 15 is 0 Å². The molecule has 0 saturated carbocycles. The van der Waals surface area contributed by atoms with E-state index < -0.39 is 46.9 Å². The van der Waals surface area contributed by atoms with Crippen LogP contribution in [0.4, 0.5) is 10.5 Å². The third-order valence-electron chi connectivity index (χ3n) is 9.23. The van der Waals surface area contributed by atoms with Gasteiger partial charge in [0, 0.05) is 29.7 Å². The molecule has 2 bridgehead atoms. The number of aliphatic hydroxyl groups excluding tert-OH is 1. The number of allylic oxidation sites excluding steroid dienone is 2. The van der Waals surface area contributed by atoms with E-state index in [0.29, 0.717) is 23.2 Å². The van der Waals surface area contributed by atoms with Gasteiger partial charge in [-0.1, -0.05) is 60.1 Å². The van der Waals surface area contributed by atoms with Gasteiger partial charge >= 0.3 is 6.09 Å². The number of epoxide rings is 1. The van der Waals surface area contributed by atoms with Crippen LogP contribution in [0.5, 0.6) is 5.75 Å². The zero-order valence-corrected chi connectivity index (χ0v) is 25.1. The molecule has 5 atom stereocenters. The van der Waals surface area contributed by atoms with Gasteiger partial charge in [0.25, 0.3) is 0 Å². The summed E-state index contributed by atoms with van der Waals surface area (Å²) in [7, 11) is 0. The van der Waals surface area contributed by atoms with E-state index in [1.165, 1.54) is 6.07 Å². The van der Waals surface area contributed by atoms with Crippen LogP contribution in [-0.4, -0.2) is 52.2 Å². The van der Waals surface area contributed by atoms with E-state index in [1.807, 2.05) is 37.3 Å². The number of hydrogen-bond acceptors (Lipinski definition) is 8. The van der Waals surface area contributed by atoms with Crippen molar-refractivity contribution in [1.29, 1.82) is 0 Å². The number of alkyl carbamates (subject to hydrolysis) is 1. The van der Waals surface area contributed by atoms with Gasteiger partial charge in [-0.2, -0.15) is 0 Å². The standard InChI is InChI=1S/C37H30N2O7/c1-21-10-6-3-4-9-13-29-37(22(2)40)36(21,46-37)27-19-28(41)30-31(32(27)39-29)33(42)25-15-14-24(18-26(25)34(30)43)20-38-35(44)45-17-16-23-11-7-5-8-12-23/h3-5,7-8,11-12,14-15,18-19,21-22,29,39-41H,16-17,20H2,1-2H3,(H,38,44)/b4-3-/t21-,22-,29+,36-,37+/m1/s1. The molecule has 3 aromatic rings. The fourth-order valence-corrected chi connectivity index (χ4v) is 7.02. The average molecular weight is 615 g/mol. The summed E-state index contributed by atoms with van der Waals surface area (Å²) in [4.78, 5) is 40.4. The van der Waals surface area contributed by atoms with Crippen LogP contribution in [0.25, 0.3) is 0 Å². The van der Waals surface area contributed by atoms with Crippen molar-refractivity contribution >= 4 is 23.3 Å². The van der Waals surface area contributed by atoms with Gasteiger partial charge in [0.2, 0.25) is 0 Å². The van der Waals surface area contributed by atoms with Gasteiger partial charge in [0.1, 0.15) is 17.4 Å². The van der Waals surface area contributed by atoms with Crippen molar-refractivity contribution in [3.63, 3.8) is 0 Å². The third kappa shape index (κ3) is 4.32. The van der Waals surface area contributed by atoms with Crippen molar-refractivity contribution < 1.29 is 34.1 Å². The number of rotatable bonds is 6. The molecule has 7 rings (SSSR count). The lowest BCUT2D eigenvalue weighted by atomic mass is 9.67. The van der Waals surface area contributed by atoms with Gasteiger partial charge in [-0.15, -0.1) is 0 Å². The Bertz CT molecular complexity index is 1980. The van der Waals surface area contributed by atoms with Gasteiger partial charge in [-0.05, 0) is 55.3 Å². The number of anilines is 1. The Morgan fingerprint density at radius 2 is 1.76 bits per heavy atom. The second-order valence-electron chi connectivity index (χ2n) is 11.8. The van der Waals surface area contributed by atoms with Crippen molar-refractivity contribution in [3.8, 4) is 29.4 Å². The molecule has 2 heterocycles. The number of fused-ring (bicyclic) bond motifs is 4. The molecule has 0 aromatic heterocycles. The molecule has 230 valence electrons. The number of phenols is 1. The Morgan fingerprint density at radius 1 is 1.02 bits per heavy atom. The summed E-state index contributed by atoms with van der Waals surface area (Å²) < 4.78 is 11.7. The first-order valence-electron chi connectivity index (χ1n) is 15.1. The molecule has 0 spiro atoms. The molecule has 4 aliphatic rings. The lowest BCUT2D eigenvalue weighted by Gasteiger charge is -2.38. The number of hydrogen-bond donors (Lipinski definition) is 4. The van der Waals surface area contributed by atoms with Crippen LogP contribution < -0.4 is 10.6 Å². The highest BCUT2D eigenvalue weighted by Gasteiger charge is 2.81. The highest BCUT2D eigenvalue weighted by molar-refractivity contribution is 6.31. The zero-order valence-electron chi connectivity index (χ0n) is 25.1. The quantitative estimate of drug-likeness (QED) is 0.145. The molecule has 2 aliphatic carbocycles. The number of ketones is 2. The van der Waals surface area contributed by atoms with Crippen LogP contribution in [-0.2, 0) is 28.0 Å². The molecular weight excluding hydrogens is 584 g/mol. The second-order valence-corrected chi connectivity index (χ2v) is 11.8. The molecule has 9 nitrogen and oxygen atoms in total. The van der Waals surface area contributed by atoms with Gasteiger partial charge in [-0.3, -0.25) is 9.59 Å². The Kier molecular flexibility index (Phi) is 6.97. The van der Waals surface area contributed by atoms with Gasteiger partial charge in [0.05, 0.1) is 35.4 Å². The number of benzene rings is 3. The minimum Gasteiger partial charge on any atom is -0.507 e. The molecule has 0 radical (unpaired) electrons. The Morgan fingerprint density at radius 3 is 2.52 bits per heavy atom. The van der Waals surface area contributed by atoms with Crippen molar-refractivity contribution in [1.82, 2.24) is 5.32 Å². The normalized spacial score (nSPS) is 25.7. The van der Waals surface area contributed by atoms with Crippen LogP contribution in [0.3, 0.4) is 0 Å². The van der Waals surface area contributed by atoms with Crippen LogP contribution in [0.1, 0.15) is 62.4 Å². The van der Waals surface area contributed by atoms with E-state index in [0.717, 1.165) is 5.56 Å². The summed E-state index contributed by atoms with van der Waals surface area (Å²) in [6.45, 7) is 3.75. The smallest absolute Gasteiger partial charge is 0.407 e. The minimum atomic E-state index is -1.20. The molecule has 9 heteroatoms. The van der Waals surface area contributed by atoms with Gasteiger partial charge in [0.15, 0.2) is 17.2 Å². The van der Waals surface area contributed by atoms with E-state index in [2.05, 4.69) is 34.3 Å². The fraction of sp³-hybridized carbons (Fsp3) is 0.270. The number of carbonyl (C=O) groups excluding carboxylic acids is 3. The zero-order chi connectivity index (χ0) is 32.2. The Balaban J connectivity index is 1.19. The molecule has 1 fully saturated rings. The minimum absolute atomic E-state index is 0.0222. The highest BCUT2D eigenvalue weighted by Crippen LogP contribution is 2.68. The van der Waals surface area contributed by atoms with E-state index in [-0.39, 0.29) is 41.2 Å². The molecule has 46 heavy (non-hydrogen) atoms.